The normalized spacial score (nSPS) is 11.1. The van der Waals surface area contributed by atoms with E-state index in [1.165, 1.54) is 73.6 Å². The number of benzene rings is 2. The molecule has 0 spiro atoms. The highest BCUT2D eigenvalue weighted by molar-refractivity contribution is 5.56. The van der Waals surface area contributed by atoms with Crippen molar-refractivity contribution in [3.8, 4) is 11.8 Å². The van der Waals surface area contributed by atoms with Crippen LogP contribution in [-0.2, 0) is 12.8 Å². The topological polar surface area (TPSA) is 0 Å². The van der Waals surface area contributed by atoms with Gasteiger partial charge in [0.1, 0.15) is 0 Å². The predicted molar refractivity (Wildman–Crippen MR) is 125 cm³/mol. The van der Waals surface area contributed by atoms with Crippen LogP contribution in [-0.4, -0.2) is 0 Å². The molecule has 2 aromatic rings. The maximum absolute atomic E-state index is 3.09. The molecule has 0 aliphatic carbocycles. The molecule has 0 heteroatoms. The fraction of sp³-hybridized carbons (Fsp3) is 0.357. The molecule has 0 nitrogen and oxygen atoms in total. The summed E-state index contributed by atoms with van der Waals surface area (Å²) in [5, 5.41) is 0. The van der Waals surface area contributed by atoms with Gasteiger partial charge in [0, 0.05) is 0 Å². The minimum Gasteiger partial charge on any atom is -0.0702 e. The Balaban J connectivity index is 1.77. The van der Waals surface area contributed by atoms with E-state index in [0.717, 1.165) is 0 Å². The lowest BCUT2D eigenvalue weighted by Crippen LogP contribution is -1.85. The maximum Gasteiger partial charge on any atom is -0.0109 e. The van der Waals surface area contributed by atoms with Crippen LogP contribution in [0, 0.1) is 11.8 Å². The average Bonchev–Trinajstić information content (AvgIpc) is 2.74. The summed E-state index contributed by atoms with van der Waals surface area (Å²) in [6.45, 7) is 4.49. The molecule has 28 heavy (non-hydrogen) atoms. The zero-order chi connectivity index (χ0) is 19.9. The van der Waals surface area contributed by atoms with Crippen LogP contribution >= 0.6 is 0 Å². The number of allylic oxidation sites excluding steroid dienone is 2. The van der Waals surface area contributed by atoms with Crippen LogP contribution < -0.4 is 0 Å². The lowest BCUT2D eigenvalue weighted by molar-refractivity contribution is 0.667. The van der Waals surface area contributed by atoms with Gasteiger partial charge in [0.25, 0.3) is 0 Å². The lowest BCUT2D eigenvalue weighted by atomic mass is 10.0. The molecule has 0 aliphatic heterocycles. The third-order valence-electron chi connectivity index (χ3n) is 4.90. The SMILES string of the molecule is CCCCCCc1ccc(C=CC#CC=Cc2ccc(CCCC)cc2)cc1. The molecule has 0 heterocycles. The van der Waals surface area contributed by atoms with Crippen molar-refractivity contribution in [3.05, 3.63) is 82.9 Å². The third-order valence-corrected chi connectivity index (χ3v) is 4.90. The molecule has 2 rings (SSSR count). The number of rotatable bonds is 10. The summed E-state index contributed by atoms with van der Waals surface area (Å²) in [7, 11) is 0. The van der Waals surface area contributed by atoms with Gasteiger partial charge >= 0.3 is 0 Å². The molecule has 0 aliphatic rings. The molecule has 0 saturated heterocycles. The van der Waals surface area contributed by atoms with Crippen LogP contribution in [0.1, 0.15) is 74.6 Å². The molecular weight excluding hydrogens is 336 g/mol. The van der Waals surface area contributed by atoms with E-state index in [1.807, 2.05) is 12.2 Å². The van der Waals surface area contributed by atoms with Crippen LogP contribution in [0.5, 0.6) is 0 Å². The fourth-order valence-corrected chi connectivity index (χ4v) is 3.10. The van der Waals surface area contributed by atoms with E-state index < -0.39 is 0 Å². The third kappa shape index (κ3) is 8.92. The predicted octanol–water partition coefficient (Wildman–Crippen LogP) is 7.88. The Hall–Kier alpha value is -2.52. The van der Waals surface area contributed by atoms with Crippen LogP contribution in [0.3, 0.4) is 0 Å². The number of aryl methyl sites for hydroxylation is 2. The summed E-state index contributed by atoms with van der Waals surface area (Å²) in [6, 6.07) is 17.6. The molecule has 0 amide bonds. The molecular formula is C28H34. The molecule has 0 aromatic heterocycles. The van der Waals surface area contributed by atoms with Crippen LogP contribution in [0.2, 0.25) is 0 Å². The van der Waals surface area contributed by atoms with Crippen molar-refractivity contribution in [1.29, 1.82) is 0 Å². The van der Waals surface area contributed by atoms with Crippen molar-refractivity contribution in [1.82, 2.24) is 0 Å². The van der Waals surface area contributed by atoms with E-state index in [2.05, 4.69) is 86.4 Å². The summed E-state index contributed by atoms with van der Waals surface area (Å²) in [4.78, 5) is 0. The second kappa shape index (κ2) is 13.6. The fourth-order valence-electron chi connectivity index (χ4n) is 3.10. The van der Waals surface area contributed by atoms with Crippen molar-refractivity contribution in [2.24, 2.45) is 0 Å². The first-order valence-electron chi connectivity index (χ1n) is 10.8. The molecule has 0 atom stereocenters. The molecule has 146 valence electrons. The Labute approximate surface area is 172 Å². The average molecular weight is 371 g/mol. The highest BCUT2D eigenvalue weighted by Crippen LogP contribution is 2.11. The molecule has 0 bridgehead atoms. The smallest absolute Gasteiger partial charge is 0.0109 e. The van der Waals surface area contributed by atoms with Crippen LogP contribution in [0.15, 0.2) is 60.7 Å². The molecule has 0 unspecified atom stereocenters. The highest BCUT2D eigenvalue weighted by Gasteiger charge is 1.94. The second-order valence-electron chi connectivity index (χ2n) is 7.35. The van der Waals surface area contributed by atoms with Gasteiger partial charge in [-0.15, -0.1) is 0 Å². The van der Waals surface area contributed by atoms with Gasteiger partial charge in [-0.1, -0.05) is 99.9 Å². The summed E-state index contributed by atoms with van der Waals surface area (Å²) < 4.78 is 0. The van der Waals surface area contributed by atoms with Crippen molar-refractivity contribution >= 4 is 12.2 Å². The quantitative estimate of drug-likeness (QED) is 0.295. The van der Waals surface area contributed by atoms with Gasteiger partial charge in [0.05, 0.1) is 0 Å². The number of unbranched alkanes of at least 4 members (excludes halogenated alkanes) is 4. The lowest BCUT2D eigenvalue weighted by Gasteiger charge is -2.01. The van der Waals surface area contributed by atoms with Crippen molar-refractivity contribution in [2.45, 2.75) is 65.2 Å². The first-order valence-corrected chi connectivity index (χ1v) is 10.8. The molecule has 2 aromatic carbocycles. The minimum absolute atomic E-state index is 1.17. The highest BCUT2D eigenvalue weighted by atomic mass is 14.0. The minimum atomic E-state index is 1.17. The monoisotopic (exact) mass is 370 g/mol. The molecule has 0 saturated carbocycles. The van der Waals surface area contributed by atoms with Crippen molar-refractivity contribution in [3.63, 3.8) is 0 Å². The molecule has 0 N–H and O–H groups in total. The summed E-state index contributed by atoms with van der Waals surface area (Å²) in [5.74, 6) is 6.18. The van der Waals surface area contributed by atoms with E-state index in [4.69, 9.17) is 0 Å². The standard InChI is InChI=1S/C28H34/c1-3-5-7-10-14-26-21-23-28(24-22-26)16-12-9-8-11-15-27-19-17-25(18-20-27)13-6-4-2/h11-12,15-24H,3-7,10,13-14H2,1-2H3. The van der Waals surface area contributed by atoms with Gasteiger partial charge in [-0.2, -0.15) is 0 Å². The zero-order valence-corrected chi connectivity index (χ0v) is 17.6. The maximum atomic E-state index is 3.09. The van der Waals surface area contributed by atoms with Gasteiger partial charge < -0.3 is 0 Å². The van der Waals surface area contributed by atoms with Crippen LogP contribution in [0.4, 0.5) is 0 Å². The number of hydrogen-bond acceptors (Lipinski definition) is 0. The largest absolute Gasteiger partial charge is 0.0702 e. The molecule has 0 radical (unpaired) electrons. The number of hydrogen-bond donors (Lipinski definition) is 0. The van der Waals surface area contributed by atoms with E-state index in [1.54, 1.807) is 0 Å². The van der Waals surface area contributed by atoms with Crippen molar-refractivity contribution in [2.75, 3.05) is 0 Å². The van der Waals surface area contributed by atoms with Gasteiger partial charge in [-0.3, -0.25) is 0 Å². The summed E-state index contributed by atoms with van der Waals surface area (Å²) >= 11 is 0. The Kier molecular flexibility index (Phi) is 10.6. The first-order chi connectivity index (χ1) is 13.8. The van der Waals surface area contributed by atoms with Crippen LogP contribution in [0.25, 0.3) is 12.2 Å². The Bertz CT molecular complexity index is 777. The Morgan fingerprint density at radius 2 is 1.04 bits per heavy atom. The van der Waals surface area contributed by atoms with E-state index in [-0.39, 0.29) is 0 Å². The van der Waals surface area contributed by atoms with E-state index in [9.17, 15) is 0 Å². The summed E-state index contributed by atoms with van der Waals surface area (Å²) in [5.41, 5.74) is 5.26. The van der Waals surface area contributed by atoms with Gasteiger partial charge in [-0.25, -0.2) is 0 Å². The van der Waals surface area contributed by atoms with Crippen molar-refractivity contribution < 1.29 is 0 Å². The zero-order valence-electron chi connectivity index (χ0n) is 17.6. The van der Waals surface area contributed by atoms with Gasteiger partial charge in [0.2, 0.25) is 0 Å². The van der Waals surface area contributed by atoms with E-state index >= 15 is 0 Å². The Morgan fingerprint density at radius 3 is 1.50 bits per heavy atom. The molecule has 0 fully saturated rings. The van der Waals surface area contributed by atoms with Gasteiger partial charge in [0.15, 0.2) is 0 Å². The first kappa shape index (κ1) is 21.8. The van der Waals surface area contributed by atoms with Gasteiger partial charge in [-0.05, 0) is 72.2 Å². The summed E-state index contributed by atoms with van der Waals surface area (Å²) in [6.07, 6.45) is 18.1. The van der Waals surface area contributed by atoms with E-state index in [0.29, 0.717) is 0 Å². The Morgan fingerprint density at radius 1 is 0.571 bits per heavy atom. The second-order valence-corrected chi connectivity index (χ2v) is 7.35.